The largest absolute Gasteiger partial charge is 0.414 e. The van der Waals surface area contributed by atoms with Gasteiger partial charge in [0.15, 0.2) is 30.7 Å². The fourth-order valence-electron chi connectivity index (χ4n) is 14.3. The van der Waals surface area contributed by atoms with Crippen molar-refractivity contribution in [2.75, 3.05) is 13.7 Å². The molecule has 6 saturated heterocycles. The zero-order chi connectivity index (χ0) is 52.7. The maximum Gasteiger partial charge on any atom is 0.192 e. The van der Waals surface area contributed by atoms with E-state index in [-0.39, 0.29) is 85.1 Å². The Hall–Kier alpha value is -0.609. The second-order valence-electron chi connectivity index (χ2n) is 23.8. The molecule has 0 radical (unpaired) electrons. The minimum Gasteiger partial charge on any atom is -0.414 e. The highest BCUT2D eigenvalue weighted by Crippen LogP contribution is 2.49. The van der Waals surface area contributed by atoms with Crippen molar-refractivity contribution in [3.8, 4) is 0 Å². The molecule has 0 aromatic rings. The van der Waals surface area contributed by atoms with E-state index in [0.29, 0.717) is 58.0 Å². The van der Waals surface area contributed by atoms with Gasteiger partial charge in [0.05, 0.1) is 92.1 Å². The Morgan fingerprint density at radius 1 is 0.671 bits per heavy atom. The average molecular weight is 1080 g/mol. The fourth-order valence-corrected chi connectivity index (χ4v) is 22.7. The van der Waals surface area contributed by atoms with Gasteiger partial charge in [0, 0.05) is 45.1 Å². The molecule has 7 aliphatic heterocycles. The van der Waals surface area contributed by atoms with Crippen LogP contribution in [0.5, 0.6) is 0 Å². The summed E-state index contributed by atoms with van der Waals surface area (Å²) in [5.41, 5.74) is 2.25. The molecule has 7 heterocycles. The molecule has 18 atom stereocenters. The molecule has 15 heteroatoms. The van der Waals surface area contributed by atoms with E-state index in [0.717, 1.165) is 97.6 Å². The Kier molecular flexibility index (Phi) is 21.8. The summed E-state index contributed by atoms with van der Waals surface area (Å²) in [6, 6.07) is 9.51. The average Bonchev–Trinajstić information content (AvgIpc) is 4.01. The second kappa shape index (κ2) is 26.6. The summed E-state index contributed by atoms with van der Waals surface area (Å²) < 4.78 is 70.7. The lowest BCUT2D eigenvalue weighted by Crippen LogP contribution is -2.58. The Balaban J connectivity index is 1.19. The van der Waals surface area contributed by atoms with Crippen LogP contribution >= 0.6 is 0 Å². The number of fused-ring (bicyclic) bond motifs is 9. The van der Waals surface area contributed by atoms with E-state index in [1.165, 1.54) is 0 Å². The quantitative estimate of drug-likeness (QED) is 0.0942. The number of methoxy groups -OCH3 is 1. The van der Waals surface area contributed by atoms with Crippen molar-refractivity contribution in [2.45, 2.75) is 304 Å². The molecule has 7 rings (SSSR count). The molecular weight excluding hydrogens is 973 g/mol. The summed E-state index contributed by atoms with van der Waals surface area (Å²) in [6.45, 7) is 32.6. The third kappa shape index (κ3) is 13.9. The molecule has 73 heavy (non-hydrogen) atoms. The van der Waals surface area contributed by atoms with Gasteiger partial charge in [0.2, 0.25) is 0 Å². The first kappa shape index (κ1) is 60.0. The first-order valence-corrected chi connectivity index (χ1v) is 37.5. The zero-order valence-corrected chi connectivity index (χ0v) is 50.6. The van der Waals surface area contributed by atoms with E-state index in [9.17, 15) is 10.2 Å². The summed E-state index contributed by atoms with van der Waals surface area (Å²) in [6.07, 6.45) is 9.03. The molecule has 13 unspecified atom stereocenters. The molecule has 0 aromatic heterocycles. The molecule has 9 bridgehead atoms. The van der Waals surface area contributed by atoms with Gasteiger partial charge in [-0.15, -0.1) is 0 Å². The van der Waals surface area contributed by atoms with Gasteiger partial charge in [-0.2, -0.15) is 0 Å². The highest BCUT2D eigenvalue weighted by molar-refractivity contribution is 6.74. The lowest BCUT2D eigenvalue weighted by atomic mass is 9.81. The molecule has 6 fully saturated rings. The van der Waals surface area contributed by atoms with Crippen molar-refractivity contribution >= 4 is 25.0 Å². The van der Waals surface area contributed by atoms with Crippen LogP contribution in [0.1, 0.15) is 153 Å². The lowest BCUT2D eigenvalue weighted by molar-refractivity contribution is -0.256. The van der Waals surface area contributed by atoms with Gasteiger partial charge in [-0.3, -0.25) is 0 Å². The minimum absolute atomic E-state index is 0.00653. The normalized spacial score (nSPS) is 39.8. The Labute approximate surface area is 446 Å². The molecule has 0 amide bonds. The van der Waals surface area contributed by atoms with Gasteiger partial charge in [-0.1, -0.05) is 94.5 Å². The maximum atomic E-state index is 12.1. The van der Waals surface area contributed by atoms with Crippen LogP contribution < -0.4 is 0 Å². The van der Waals surface area contributed by atoms with Gasteiger partial charge in [-0.25, -0.2) is 0 Å². The first-order chi connectivity index (χ1) is 35.0. The number of ether oxygens (including phenoxy) is 7. The maximum absolute atomic E-state index is 12.1. The van der Waals surface area contributed by atoms with Crippen LogP contribution in [0, 0.1) is 11.8 Å². The first-order valence-electron chi connectivity index (χ1n) is 29.9. The summed E-state index contributed by atoms with van der Waals surface area (Å²) in [7, 11) is -4.22. The molecule has 0 saturated carbocycles. The van der Waals surface area contributed by atoms with Gasteiger partial charge < -0.3 is 56.6 Å². The second-order valence-corrected chi connectivity index (χ2v) is 38.0. The van der Waals surface area contributed by atoms with Crippen molar-refractivity contribution < 1.29 is 56.6 Å². The fraction of sp³-hybridized carbons (Fsp3) is 0.897. The van der Waals surface area contributed by atoms with Crippen molar-refractivity contribution in [2.24, 2.45) is 11.8 Å². The molecule has 7 aliphatic rings. The summed E-state index contributed by atoms with van der Waals surface area (Å²) >= 11 is 0. The third-order valence-electron chi connectivity index (χ3n) is 19.9. The number of hydrogen-bond donors (Lipinski definition) is 2. The van der Waals surface area contributed by atoms with Crippen LogP contribution in [0.25, 0.3) is 0 Å². The molecule has 0 aromatic carbocycles. The van der Waals surface area contributed by atoms with Crippen LogP contribution in [-0.2, 0) is 46.4 Å². The van der Waals surface area contributed by atoms with Crippen molar-refractivity contribution in [1.29, 1.82) is 0 Å². The molecule has 2 N–H and O–H groups in total. The Morgan fingerprint density at radius 2 is 1.33 bits per heavy atom. The Morgan fingerprint density at radius 3 is 1.99 bits per heavy atom. The van der Waals surface area contributed by atoms with Crippen LogP contribution in [0.3, 0.4) is 0 Å². The van der Waals surface area contributed by atoms with Crippen molar-refractivity contribution in [3.63, 3.8) is 0 Å². The predicted molar refractivity (Wildman–Crippen MR) is 297 cm³/mol. The molecular formula is C58H104O12Si3. The van der Waals surface area contributed by atoms with E-state index in [2.05, 4.69) is 94.5 Å². The topological polar surface area (TPSA) is 133 Å². The monoisotopic (exact) mass is 1080 g/mol. The van der Waals surface area contributed by atoms with Crippen LogP contribution in [-0.4, -0.2) is 146 Å². The molecule has 420 valence electrons. The van der Waals surface area contributed by atoms with E-state index in [4.69, 9.17) is 46.4 Å². The standard InChI is InChI=1S/C58H104O12Si3/c1-14-71(15-2,16-3)62-38-45(69-72(17-4,18-5)19-6)34-52-55(61-13)46-33-42(59)25-23-24-26-49-57(70-73(20-7,21-8)22-9)54-36-53(65-49)56-47(60)37-58(67-54,68-56)30-29-44-32-40(11)48(63-44)28-27-43-31-39(10)41(12)50(64-43)35-51(46)66-52/h23-24,39,42-57,59-60H,11-12,14-22,25-38H2,1-10,13H3/b24-23+/t39?,42?,43?,44?,45?,46?,47?,48-,49?,50?,51-,52+,53+,54?,55+,56?,57?,58?/m0/s1. The van der Waals surface area contributed by atoms with Gasteiger partial charge in [0.1, 0.15) is 6.10 Å². The van der Waals surface area contributed by atoms with Gasteiger partial charge >= 0.3 is 0 Å². The minimum atomic E-state index is -2.11. The number of aliphatic hydroxyl groups excluding tert-OH is 2. The highest BCUT2D eigenvalue weighted by Gasteiger charge is 2.59. The van der Waals surface area contributed by atoms with Crippen LogP contribution in [0.4, 0.5) is 0 Å². The molecule has 12 nitrogen and oxygen atoms in total. The van der Waals surface area contributed by atoms with Crippen molar-refractivity contribution in [1.82, 2.24) is 0 Å². The third-order valence-corrected chi connectivity index (χ3v) is 33.9. The number of rotatable bonds is 19. The Bertz CT molecular complexity index is 1750. The van der Waals surface area contributed by atoms with Crippen LogP contribution in [0.2, 0.25) is 54.4 Å². The molecule has 0 aliphatic carbocycles. The van der Waals surface area contributed by atoms with E-state index in [1.54, 1.807) is 0 Å². The van der Waals surface area contributed by atoms with Gasteiger partial charge in [-0.05, 0) is 123 Å². The smallest absolute Gasteiger partial charge is 0.192 e. The van der Waals surface area contributed by atoms with Crippen molar-refractivity contribution in [3.05, 3.63) is 36.5 Å². The number of aliphatic hydroxyl groups is 2. The van der Waals surface area contributed by atoms with Gasteiger partial charge in [0.25, 0.3) is 0 Å². The summed E-state index contributed by atoms with van der Waals surface area (Å²) in [5, 5.41) is 23.7. The van der Waals surface area contributed by atoms with E-state index in [1.807, 2.05) is 7.11 Å². The highest BCUT2D eigenvalue weighted by atomic mass is 28.4. The molecule has 1 spiro atoms. The lowest BCUT2D eigenvalue weighted by Gasteiger charge is -2.47. The number of hydrogen-bond acceptors (Lipinski definition) is 12. The summed E-state index contributed by atoms with van der Waals surface area (Å²) in [4.78, 5) is 0. The zero-order valence-electron chi connectivity index (χ0n) is 47.6. The van der Waals surface area contributed by atoms with E-state index < -0.39 is 49.1 Å². The SMILES string of the molecule is C=C1C(C)CC2CC[C@@H]3OC(CCC45CC(O)C(O4)[C@H]4CC(O5)C(O[Si](CC)(CC)CC)C(C/C=C/CC(O)CC5[C@H](CC1O2)O[C@H](CC(CO[Si](CC)(CC)CC)O[Si](CC)(CC)CC)[C@@H]5OC)O4)CC3=C. The van der Waals surface area contributed by atoms with Crippen LogP contribution in [0.15, 0.2) is 36.5 Å². The van der Waals surface area contributed by atoms with E-state index >= 15 is 0 Å². The summed E-state index contributed by atoms with van der Waals surface area (Å²) in [5.74, 6) is -0.745. The predicted octanol–water partition coefficient (Wildman–Crippen LogP) is 12.1.